The molecule has 2 aromatic carbocycles. The van der Waals surface area contributed by atoms with Gasteiger partial charge in [-0.25, -0.2) is 4.79 Å². The highest BCUT2D eigenvalue weighted by atomic mass is 16.6. The van der Waals surface area contributed by atoms with Crippen molar-refractivity contribution in [3.05, 3.63) is 75.5 Å². The number of nitro groups is 1. The molecular weight excluding hydrogens is 530 g/mol. The second kappa shape index (κ2) is 13.4. The molecule has 2 aromatic rings. The van der Waals surface area contributed by atoms with Gasteiger partial charge in [-0.15, -0.1) is 0 Å². The van der Waals surface area contributed by atoms with Crippen LogP contribution in [0.3, 0.4) is 0 Å². The Kier molecular flexibility index (Phi) is 9.72. The third-order valence-corrected chi connectivity index (χ3v) is 6.76. The molecule has 0 fully saturated rings. The van der Waals surface area contributed by atoms with Crippen LogP contribution in [-0.4, -0.2) is 61.1 Å². The van der Waals surface area contributed by atoms with Gasteiger partial charge < -0.3 is 24.3 Å². The predicted octanol–water partition coefficient (Wildman–Crippen LogP) is 4.36. The number of nitrogens with one attached hydrogen (secondary N) is 1. The maximum Gasteiger partial charge on any atom is 0.336 e. The van der Waals surface area contributed by atoms with E-state index in [1.807, 2.05) is 24.3 Å². The van der Waals surface area contributed by atoms with Gasteiger partial charge >= 0.3 is 11.9 Å². The fourth-order valence-corrected chi connectivity index (χ4v) is 4.97. The van der Waals surface area contributed by atoms with Crippen molar-refractivity contribution < 1.29 is 33.5 Å². The van der Waals surface area contributed by atoms with E-state index >= 15 is 0 Å². The predicted molar refractivity (Wildman–Crippen MR) is 151 cm³/mol. The van der Waals surface area contributed by atoms with E-state index in [0.29, 0.717) is 48.8 Å². The van der Waals surface area contributed by atoms with Gasteiger partial charge in [0.1, 0.15) is 18.6 Å². The summed E-state index contributed by atoms with van der Waals surface area (Å²) in [5.74, 6) is -1.53. The maximum atomic E-state index is 13.4. The minimum atomic E-state index is -0.935. The van der Waals surface area contributed by atoms with Gasteiger partial charge in [-0.05, 0) is 58.4 Å². The second-order valence-corrected chi connectivity index (χ2v) is 10.2. The van der Waals surface area contributed by atoms with Crippen molar-refractivity contribution in [2.24, 2.45) is 10.9 Å². The fraction of sp³-hybridized carbons (Fsp3) is 0.433. The largest absolute Gasteiger partial charge is 0.486 e. The molecule has 2 aliphatic heterocycles. The molecule has 41 heavy (non-hydrogen) atoms. The molecule has 0 aliphatic carbocycles. The van der Waals surface area contributed by atoms with Crippen LogP contribution in [0.5, 0.6) is 11.5 Å². The number of non-ortho nitro benzene ring substituents is 1. The second-order valence-electron chi connectivity index (χ2n) is 10.2. The van der Waals surface area contributed by atoms with E-state index in [9.17, 15) is 19.7 Å². The molecule has 0 saturated heterocycles. The standard InChI is InChI=1S/C30H35N3O8/c1-18(2)40-30(35)27-20(4)32-19(3)26(28(27)21-9-7-10-22(15-21)33(36)37)29(34)38-14-8-13-31-16-23-17-39-24-11-5-6-12-25(24)41-23/h5-7,9-12,15,18,23,27-28,31H,8,13-14,16-17H2,1-4H3. The molecule has 0 aromatic heterocycles. The molecule has 3 atom stereocenters. The van der Waals surface area contributed by atoms with Crippen molar-refractivity contribution >= 4 is 23.3 Å². The lowest BCUT2D eigenvalue weighted by Crippen LogP contribution is -2.39. The summed E-state index contributed by atoms with van der Waals surface area (Å²) in [7, 11) is 0. The van der Waals surface area contributed by atoms with Gasteiger partial charge in [0.2, 0.25) is 0 Å². The number of rotatable bonds is 11. The number of para-hydroxylation sites is 2. The Hall–Kier alpha value is -4.25. The van der Waals surface area contributed by atoms with Crippen molar-refractivity contribution in [2.75, 3.05) is 26.3 Å². The van der Waals surface area contributed by atoms with Gasteiger partial charge in [-0.1, -0.05) is 24.3 Å². The molecule has 0 saturated carbocycles. The van der Waals surface area contributed by atoms with Crippen molar-refractivity contribution in [1.29, 1.82) is 0 Å². The number of nitrogens with zero attached hydrogens (tertiary/aromatic N) is 2. The summed E-state index contributed by atoms with van der Waals surface area (Å²) in [6.45, 7) is 8.51. The average molecular weight is 566 g/mol. The zero-order valence-corrected chi connectivity index (χ0v) is 23.6. The molecular formula is C30H35N3O8. The van der Waals surface area contributed by atoms with E-state index in [1.54, 1.807) is 33.8 Å². The van der Waals surface area contributed by atoms with Crippen LogP contribution in [-0.2, 0) is 19.1 Å². The van der Waals surface area contributed by atoms with Crippen LogP contribution < -0.4 is 14.8 Å². The summed E-state index contributed by atoms with van der Waals surface area (Å²) in [6.07, 6.45) is 0.00302. The molecule has 4 rings (SSSR count). The monoisotopic (exact) mass is 565 g/mol. The van der Waals surface area contributed by atoms with Crippen molar-refractivity contribution in [2.45, 2.75) is 52.2 Å². The Morgan fingerprint density at radius 2 is 1.90 bits per heavy atom. The normalized spacial score (nSPS) is 19.9. The number of benzene rings is 2. The third kappa shape index (κ3) is 7.29. The lowest BCUT2D eigenvalue weighted by atomic mass is 9.75. The van der Waals surface area contributed by atoms with Crippen LogP contribution in [0.4, 0.5) is 5.69 Å². The van der Waals surface area contributed by atoms with Gasteiger partial charge in [0, 0.05) is 36.0 Å². The molecule has 11 heteroatoms. The molecule has 11 nitrogen and oxygen atoms in total. The quantitative estimate of drug-likeness (QED) is 0.182. The first-order valence-corrected chi connectivity index (χ1v) is 13.6. The Balaban J connectivity index is 1.41. The van der Waals surface area contributed by atoms with Gasteiger partial charge in [0.05, 0.1) is 23.2 Å². The average Bonchev–Trinajstić information content (AvgIpc) is 2.93. The number of ether oxygens (including phenoxy) is 4. The van der Waals surface area contributed by atoms with Gasteiger partial charge in [0.25, 0.3) is 5.69 Å². The van der Waals surface area contributed by atoms with Crippen LogP contribution in [0, 0.1) is 16.0 Å². The Morgan fingerprint density at radius 1 is 1.15 bits per heavy atom. The van der Waals surface area contributed by atoms with E-state index in [1.165, 1.54) is 18.2 Å². The SMILES string of the molecule is CC1=NC(C)=C(C(=O)OCCCNCC2COc3ccccc3O2)C(c2cccc([N+](=O)[O-])c2)C1C(=O)OC(C)C. The smallest absolute Gasteiger partial charge is 0.336 e. The first kappa shape index (κ1) is 29.7. The molecule has 218 valence electrons. The lowest BCUT2D eigenvalue weighted by Gasteiger charge is -2.32. The Morgan fingerprint density at radius 3 is 2.63 bits per heavy atom. The summed E-state index contributed by atoms with van der Waals surface area (Å²) in [5, 5.41) is 14.8. The molecule has 0 radical (unpaired) electrons. The van der Waals surface area contributed by atoms with Gasteiger partial charge in [0.15, 0.2) is 11.5 Å². The summed E-state index contributed by atoms with van der Waals surface area (Å²) in [6, 6.07) is 13.4. The number of carbonyl (C=O) groups excluding carboxylic acids is 2. The number of aliphatic imine (C=N–C) groups is 1. The minimum absolute atomic E-state index is 0.124. The number of fused-ring (bicyclic) bond motifs is 1. The van der Waals surface area contributed by atoms with Crippen LogP contribution in [0.25, 0.3) is 0 Å². The zero-order chi connectivity index (χ0) is 29.5. The number of esters is 2. The highest BCUT2D eigenvalue weighted by Crippen LogP contribution is 2.41. The van der Waals surface area contributed by atoms with Crippen LogP contribution >= 0.6 is 0 Å². The first-order valence-electron chi connectivity index (χ1n) is 13.6. The van der Waals surface area contributed by atoms with E-state index in [0.717, 1.165) is 5.75 Å². The maximum absolute atomic E-state index is 13.4. The number of nitro benzene ring substituents is 1. The molecule has 3 unspecified atom stereocenters. The van der Waals surface area contributed by atoms with Crippen LogP contribution in [0.2, 0.25) is 0 Å². The van der Waals surface area contributed by atoms with Gasteiger partial charge in [-0.2, -0.15) is 0 Å². The molecule has 0 amide bonds. The number of allylic oxidation sites excluding steroid dienone is 1. The van der Waals surface area contributed by atoms with Gasteiger partial charge in [-0.3, -0.25) is 19.9 Å². The molecule has 2 heterocycles. The van der Waals surface area contributed by atoms with E-state index in [-0.39, 0.29) is 24.0 Å². The first-order chi connectivity index (χ1) is 19.7. The number of carbonyl (C=O) groups is 2. The Labute approximate surface area is 238 Å². The highest BCUT2D eigenvalue weighted by Gasteiger charge is 2.43. The Bertz CT molecular complexity index is 1350. The van der Waals surface area contributed by atoms with Crippen LogP contribution in [0.15, 0.2) is 64.8 Å². The van der Waals surface area contributed by atoms with Crippen LogP contribution in [0.1, 0.15) is 45.6 Å². The number of hydrogen-bond donors (Lipinski definition) is 1. The molecule has 0 bridgehead atoms. The highest BCUT2D eigenvalue weighted by molar-refractivity contribution is 6.07. The number of hydrogen-bond acceptors (Lipinski definition) is 10. The summed E-state index contributed by atoms with van der Waals surface area (Å²) in [4.78, 5) is 42.1. The lowest BCUT2D eigenvalue weighted by molar-refractivity contribution is -0.384. The summed E-state index contributed by atoms with van der Waals surface area (Å²) in [5.41, 5.74) is 1.32. The van der Waals surface area contributed by atoms with Crippen molar-refractivity contribution in [3.8, 4) is 11.5 Å². The fourth-order valence-electron chi connectivity index (χ4n) is 4.97. The van der Waals surface area contributed by atoms with E-state index in [2.05, 4.69) is 10.3 Å². The summed E-state index contributed by atoms with van der Waals surface area (Å²) < 4.78 is 22.8. The topological polar surface area (TPSA) is 139 Å². The zero-order valence-electron chi connectivity index (χ0n) is 23.6. The van der Waals surface area contributed by atoms with E-state index in [4.69, 9.17) is 18.9 Å². The minimum Gasteiger partial charge on any atom is -0.486 e. The third-order valence-electron chi connectivity index (χ3n) is 6.76. The van der Waals surface area contributed by atoms with E-state index < -0.39 is 34.8 Å². The molecule has 1 N–H and O–H groups in total. The molecule has 2 aliphatic rings. The van der Waals surface area contributed by atoms with Crippen molar-refractivity contribution in [1.82, 2.24) is 5.32 Å². The van der Waals surface area contributed by atoms with Crippen molar-refractivity contribution in [3.63, 3.8) is 0 Å². The molecule has 0 spiro atoms. The summed E-state index contributed by atoms with van der Waals surface area (Å²) >= 11 is 0.